The Morgan fingerprint density at radius 1 is 1.06 bits per heavy atom. The summed E-state index contributed by atoms with van der Waals surface area (Å²) in [5.74, 6) is 0.996. The summed E-state index contributed by atoms with van der Waals surface area (Å²) in [6.07, 6.45) is 0. The third-order valence-corrected chi connectivity index (χ3v) is 3.38. The molecule has 0 aromatic heterocycles. The van der Waals surface area contributed by atoms with Crippen LogP contribution < -0.4 is 0 Å². The van der Waals surface area contributed by atoms with Crippen LogP contribution in [-0.2, 0) is 4.74 Å². The molecule has 0 heterocycles. The fraction of sp³-hybridized carbons (Fsp3) is 0.600. The van der Waals surface area contributed by atoms with E-state index in [0.29, 0.717) is 11.8 Å². The smallest absolute Gasteiger partial charge is 0.0693 e. The average Bonchev–Trinajstić information content (AvgIpc) is 2.20. The lowest BCUT2D eigenvalue weighted by Crippen LogP contribution is -2.34. The Bertz CT molecular complexity index is 322. The molecule has 0 aliphatic heterocycles. The minimum Gasteiger partial charge on any atom is -0.378 e. The number of ether oxygens (including phenoxy) is 1. The van der Waals surface area contributed by atoms with Gasteiger partial charge in [0.1, 0.15) is 0 Å². The molecule has 1 nitrogen and oxygen atoms in total. The molecule has 0 spiro atoms. The molecule has 1 rings (SSSR count). The van der Waals surface area contributed by atoms with Gasteiger partial charge in [0.2, 0.25) is 0 Å². The van der Waals surface area contributed by atoms with Gasteiger partial charge in [-0.3, -0.25) is 0 Å². The third kappa shape index (κ3) is 2.85. The molecule has 0 aliphatic carbocycles. The van der Waals surface area contributed by atoms with Gasteiger partial charge in [0, 0.05) is 13.0 Å². The lowest BCUT2D eigenvalue weighted by Gasteiger charge is -2.36. The Kier molecular flexibility index (Phi) is 4.15. The van der Waals surface area contributed by atoms with Crippen molar-refractivity contribution in [3.63, 3.8) is 0 Å². The van der Waals surface area contributed by atoms with Crippen molar-refractivity contribution in [3.8, 4) is 0 Å². The van der Waals surface area contributed by atoms with Crippen molar-refractivity contribution in [1.82, 2.24) is 0 Å². The predicted molar refractivity (Wildman–Crippen MR) is 69.8 cm³/mol. The number of benzene rings is 1. The monoisotopic (exact) mass is 220 g/mol. The fourth-order valence-corrected chi connectivity index (χ4v) is 2.49. The van der Waals surface area contributed by atoms with E-state index in [-0.39, 0.29) is 5.60 Å². The van der Waals surface area contributed by atoms with Crippen molar-refractivity contribution in [2.45, 2.75) is 46.1 Å². The van der Waals surface area contributed by atoms with E-state index in [1.54, 1.807) is 7.11 Å². The molecule has 0 fully saturated rings. The van der Waals surface area contributed by atoms with Crippen molar-refractivity contribution >= 4 is 0 Å². The summed E-state index contributed by atoms with van der Waals surface area (Å²) in [7, 11) is 1.80. The zero-order valence-corrected chi connectivity index (χ0v) is 11.4. The largest absolute Gasteiger partial charge is 0.378 e. The summed E-state index contributed by atoms with van der Waals surface area (Å²) < 4.78 is 5.65. The lowest BCUT2D eigenvalue weighted by molar-refractivity contribution is -0.0140. The molecule has 1 aromatic carbocycles. The number of hydrogen-bond donors (Lipinski definition) is 0. The van der Waals surface area contributed by atoms with Gasteiger partial charge in [-0.05, 0) is 32.3 Å². The molecule has 1 atom stereocenters. The van der Waals surface area contributed by atoms with Crippen LogP contribution in [-0.4, -0.2) is 12.7 Å². The molecular weight excluding hydrogens is 196 g/mol. The maximum Gasteiger partial charge on any atom is 0.0693 e. The highest BCUT2D eigenvalue weighted by atomic mass is 16.5. The minimum atomic E-state index is -0.122. The topological polar surface area (TPSA) is 9.23 Å². The van der Waals surface area contributed by atoms with E-state index < -0.39 is 0 Å². The SMILES string of the molecule is COC(C)(C)C(c1ccc(C)cc1)C(C)C. The fourth-order valence-electron chi connectivity index (χ4n) is 2.49. The van der Waals surface area contributed by atoms with Crippen LogP contribution in [0.2, 0.25) is 0 Å². The third-order valence-electron chi connectivity index (χ3n) is 3.38. The second-order valence-electron chi connectivity index (χ2n) is 5.44. The molecule has 1 aromatic rings. The Balaban J connectivity index is 3.08. The Morgan fingerprint density at radius 2 is 1.56 bits per heavy atom. The summed E-state index contributed by atoms with van der Waals surface area (Å²) in [5, 5.41) is 0. The summed E-state index contributed by atoms with van der Waals surface area (Å²) in [4.78, 5) is 0. The van der Waals surface area contributed by atoms with E-state index >= 15 is 0 Å². The van der Waals surface area contributed by atoms with Crippen LogP contribution in [0, 0.1) is 12.8 Å². The molecule has 16 heavy (non-hydrogen) atoms. The standard InChI is InChI=1S/C15H24O/c1-11(2)14(15(4,5)16-6)13-9-7-12(3)8-10-13/h7-11,14H,1-6H3. The van der Waals surface area contributed by atoms with Crippen molar-refractivity contribution in [2.24, 2.45) is 5.92 Å². The number of methoxy groups -OCH3 is 1. The molecule has 0 N–H and O–H groups in total. The van der Waals surface area contributed by atoms with Gasteiger partial charge in [-0.25, -0.2) is 0 Å². The van der Waals surface area contributed by atoms with Crippen LogP contribution in [0.3, 0.4) is 0 Å². The van der Waals surface area contributed by atoms with Gasteiger partial charge in [0.15, 0.2) is 0 Å². The maximum atomic E-state index is 5.65. The molecule has 0 saturated carbocycles. The number of hydrogen-bond acceptors (Lipinski definition) is 1. The minimum absolute atomic E-state index is 0.122. The van der Waals surface area contributed by atoms with Crippen LogP contribution in [0.5, 0.6) is 0 Å². The normalized spacial score (nSPS) is 14.2. The first kappa shape index (κ1) is 13.2. The van der Waals surface area contributed by atoms with Crippen molar-refractivity contribution in [2.75, 3.05) is 7.11 Å². The first-order chi connectivity index (χ1) is 7.38. The summed E-state index contributed by atoms with van der Waals surface area (Å²) in [6.45, 7) is 11.0. The molecule has 90 valence electrons. The zero-order valence-electron chi connectivity index (χ0n) is 11.4. The maximum absolute atomic E-state index is 5.65. The molecule has 1 heteroatoms. The summed E-state index contributed by atoms with van der Waals surface area (Å²) in [6, 6.07) is 8.80. The van der Waals surface area contributed by atoms with Crippen molar-refractivity contribution < 1.29 is 4.74 Å². The lowest BCUT2D eigenvalue weighted by atomic mass is 9.77. The van der Waals surface area contributed by atoms with Gasteiger partial charge in [0.25, 0.3) is 0 Å². The number of rotatable bonds is 4. The Morgan fingerprint density at radius 3 is 1.94 bits per heavy atom. The predicted octanol–water partition coefficient (Wildman–Crippen LogP) is 4.16. The van der Waals surface area contributed by atoms with E-state index in [2.05, 4.69) is 58.9 Å². The Labute approximate surface area is 99.8 Å². The molecule has 0 saturated heterocycles. The van der Waals surface area contributed by atoms with E-state index in [4.69, 9.17) is 4.74 Å². The van der Waals surface area contributed by atoms with Crippen LogP contribution in [0.4, 0.5) is 0 Å². The molecule has 0 bridgehead atoms. The first-order valence-corrected chi connectivity index (χ1v) is 6.00. The summed E-state index contributed by atoms with van der Waals surface area (Å²) >= 11 is 0. The second-order valence-corrected chi connectivity index (χ2v) is 5.44. The second kappa shape index (κ2) is 5.01. The molecule has 0 radical (unpaired) electrons. The van der Waals surface area contributed by atoms with Gasteiger partial charge in [-0.15, -0.1) is 0 Å². The van der Waals surface area contributed by atoms with Gasteiger partial charge in [-0.1, -0.05) is 43.7 Å². The highest BCUT2D eigenvalue weighted by Crippen LogP contribution is 2.36. The van der Waals surface area contributed by atoms with Gasteiger partial charge in [0.05, 0.1) is 5.60 Å². The first-order valence-electron chi connectivity index (χ1n) is 6.00. The van der Waals surface area contributed by atoms with E-state index in [0.717, 1.165) is 0 Å². The highest BCUT2D eigenvalue weighted by Gasteiger charge is 2.32. The quantitative estimate of drug-likeness (QED) is 0.740. The summed E-state index contributed by atoms with van der Waals surface area (Å²) in [5.41, 5.74) is 2.55. The van der Waals surface area contributed by atoms with E-state index in [1.165, 1.54) is 11.1 Å². The van der Waals surface area contributed by atoms with E-state index in [9.17, 15) is 0 Å². The van der Waals surface area contributed by atoms with Crippen molar-refractivity contribution in [3.05, 3.63) is 35.4 Å². The van der Waals surface area contributed by atoms with Crippen LogP contribution in [0.1, 0.15) is 44.7 Å². The van der Waals surface area contributed by atoms with Gasteiger partial charge >= 0.3 is 0 Å². The molecule has 0 aliphatic rings. The molecular formula is C15H24O. The zero-order chi connectivity index (χ0) is 12.3. The molecule has 0 amide bonds. The average molecular weight is 220 g/mol. The van der Waals surface area contributed by atoms with Gasteiger partial charge in [-0.2, -0.15) is 0 Å². The van der Waals surface area contributed by atoms with Crippen molar-refractivity contribution in [1.29, 1.82) is 0 Å². The van der Waals surface area contributed by atoms with Crippen LogP contribution in [0.15, 0.2) is 24.3 Å². The van der Waals surface area contributed by atoms with Crippen LogP contribution in [0.25, 0.3) is 0 Å². The van der Waals surface area contributed by atoms with Crippen LogP contribution >= 0.6 is 0 Å². The number of aryl methyl sites for hydroxylation is 1. The van der Waals surface area contributed by atoms with E-state index in [1.807, 2.05) is 0 Å². The van der Waals surface area contributed by atoms with Gasteiger partial charge < -0.3 is 4.74 Å². The molecule has 1 unspecified atom stereocenters. The highest BCUT2D eigenvalue weighted by molar-refractivity contribution is 5.27. The Hall–Kier alpha value is -0.820.